The van der Waals surface area contributed by atoms with E-state index in [-0.39, 0.29) is 29.3 Å². The molecule has 1 heterocycles. The van der Waals surface area contributed by atoms with Gasteiger partial charge in [-0.05, 0) is 43.0 Å². The van der Waals surface area contributed by atoms with E-state index in [1.807, 2.05) is 0 Å². The summed E-state index contributed by atoms with van der Waals surface area (Å²) in [4.78, 5) is 0. The maximum absolute atomic E-state index is 13.1. The number of halogens is 2. The highest BCUT2D eigenvalue weighted by Gasteiger charge is 2.24. The zero-order chi connectivity index (χ0) is 12.3. The van der Waals surface area contributed by atoms with Gasteiger partial charge >= 0.3 is 0 Å². The van der Waals surface area contributed by atoms with E-state index in [1.165, 1.54) is 6.07 Å². The van der Waals surface area contributed by atoms with Crippen molar-refractivity contribution in [3.8, 4) is 0 Å². The van der Waals surface area contributed by atoms with Gasteiger partial charge in [-0.1, -0.05) is 17.7 Å². The molecular weight excluding hydrogens is 241 g/mol. The molecule has 1 fully saturated rings. The molecule has 1 aromatic carbocycles. The summed E-state index contributed by atoms with van der Waals surface area (Å²) in [5, 5.41) is 12.9. The SMILES string of the molecule is OC[C@H]1CNCCC[C@@H]1c1ccc(F)c(Cl)c1. The summed E-state index contributed by atoms with van der Waals surface area (Å²) in [6.07, 6.45) is 2.07. The molecule has 0 amide bonds. The Balaban J connectivity index is 2.25. The standard InChI is InChI=1S/C13H17ClFNO/c14-12-6-9(3-4-13(12)15)11-2-1-5-16-7-10(11)8-17/h3-4,6,10-11,16-17H,1-2,5,7-8H2/t10-,11-/m1/s1. The van der Waals surface area contributed by atoms with Crippen LogP contribution in [0.25, 0.3) is 0 Å². The van der Waals surface area contributed by atoms with Gasteiger partial charge in [0.2, 0.25) is 0 Å². The fraction of sp³-hybridized carbons (Fsp3) is 0.538. The first kappa shape index (κ1) is 12.8. The molecule has 0 aliphatic carbocycles. The number of rotatable bonds is 2. The number of hydrogen-bond acceptors (Lipinski definition) is 2. The van der Waals surface area contributed by atoms with Crippen molar-refractivity contribution >= 4 is 11.6 Å². The van der Waals surface area contributed by atoms with Crippen molar-refractivity contribution in [2.45, 2.75) is 18.8 Å². The second-order valence-corrected chi connectivity index (χ2v) is 4.98. The molecule has 4 heteroatoms. The summed E-state index contributed by atoms with van der Waals surface area (Å²) in [5.41, 5.74) is 1.03. The Morgan fingerprint density at radius 1 is 1.47 bits per heavy atom. The first-order valence-corrected chi connectivity index (χ1v) is 6.36. The third kappa shape index (κ3) is 2.97. The van der Waals surface area contributed by atoms with Crippen LogP contribution in [0.4, 0.5) is 4.39 Å². The Morgan fingerprint density at radius 3 is 3.00 bits per heavy atom. The first-order chi connectivity index (χ1) is 8.22. The number of aliphatic hydroxyl groups is 1. The van der Waals surface area contributed by atoms with Gasteiger partial charge in [0.15, 0.2) is 0 Å². The summed E-state index contributed by atoms with van der Waals surface area (Å²) in [6.45, 7) is 1.92. The highest BCUT2D eigenvalue weighted by atomic mass is 35.5. The molecule has 0 aromatic heterocycles. The molecule has 1 aliphatic heterocycles. The number of hydrogen-bond donors (Lipinski definition) is 2. The van der Waals surface area contributed by atoms with Crippen LogP contribution in [0.1, 0.15) is 24.3 Å². The van der Waals surface area contributed by atoms with E-state index >= 15 is 0 Å². The van der Waals surface area contributed by atoms with Crippen molar-refractivity contribution in [3.05, 3.63) is 34.6 Å². The van der Waals surface area contributed by atoms with Crippen LogP contribution in [-0.2, 0) is 0 Å². The minimum atomic E-state index is -0.386. The maximum Gasteiger partial charge on any atom is 0.141 e. The second kappa shape index (κ2) is 5.80. The Labute approximate surface area is 106 Å². The van der Waals surface area contributed by atoms with Crippen LogP contribution in [-0.4, -0.2) is 24.8 Å². The molecule has 2 rings (SSSR count). The van der Waals surface area contributed by atoms with E-state index in [9.17, 15) is 9.50 Å². The molecular formula is C13H17ClFNO. The molecule has 94 valence electrons. The van der Waals surface area contributed by atoms with Gasteiger partial charge in [-0.2, -0.15) is 0 Å². The minimum Gasteiger partial charge on any atom is -0.396 e. The second-order valence-electron chi connectivity index (χ2n) is 4.57. The van der Waals surface area contributed by atoms with Crippen molar-refractivity contribution in [2.24, 2.45) is 5.92 Å². The summed E-state index contributed by atoms with van der Waals surface area (Å²) in [5.74, 6) is 0.0508. The summed E-state index contributed by atoms with van der Waals surface area (Å²) >= 11 is 5.81. The highest BCUT2D eigenvalue weighted by Crippen LogP contribution is 2.32. The molecule has 0 saturated carbocycles. The van der Waals surface area contributed by atoms with Gasteiger partial charge in [0, 0.05) is 19.1 Å². The van der Waals surface area contributed by atoms with Crippen molar-refractivity contribution in [3.63, 3.8) is 0 Å². The van der Waals surface area contributed by atoms with Gasteiger partial charge < -0.3 is 10.4 Å². The maximum atomic E-state index is 13.1. The molecule has 0 spiro atoms. The smallest absolute Gasteiger partial charge is 0.141 e. The fourth-order valence-corrected chi connectivity index (χ4v) is 2.68. The third-order valence-electron chi connectivity index (χ3n) is 3.45. The highest BCUT2D eigenvalue weighted by molar-refractivity contribution is 6.30. The largest absolute Gasteiger partial charge is 0.396 e. The average molecular weight is 258 g/mol. The van der Waals surface area contributed by atoms with Crippen LogP contribution in [0.15, 0.2) is 18.2 Å². The topological polar surface area (TPSA) is 32.3 Å². The summed E-state index contributed by atoms with van der Waals surface area (Å²) in [7, 11) is 0. The van der Waals surface area contributed by atoms with Gasteiger partial charge in [-0.3, -0.25) is 0 Å². The summed E-state index contributed by atoms with van der Waals surface area (Å²) in [6, 6.07) is 4.87. The van der Waals surface area contributed by atoms with Crippen LogP contribution in [0.5, 0.6) is 0 Å². The molecule has 2 nitrogen and oxygen atoms in total. The molecule has 0 unspecified atom stereocenters. The predicted molar refractivity (Wildman–Crippen MR) is 66.8 cm³/mol. The van der Waals surface area contributed by atoms with Gasteiger partial charge in [0.25, 0.3) is 0 Å². The lowest BCUT2D eigenvalue weighted by Gasteiger charge is -2.23. The molecule has 2 N–H and O–H groups in total. The molecule has 0 bridgehead atoms. The van der Waals surface area contributed by atoms with Crippen LogP contribution >= 0.6 is 11.6 Å². The first-order valence-electron chi connectivity index (χ1n) is 5.99. The monoisotopic (exact) mass is 257 g/mol. The van der Waals surface area contributed by atoms with E-state index in [4.69, 9.17) is 11.6 Å². The van der Waals surface area contributed by atoms with Gasteiger partial charge in [-0.15, -0.1) is 0 Å². The van der Waals surface area contributed by atoms with E-state index < -0.39 is 0 Å². The van der Waals surface area contributed by atoms with Crippen LogP contribution in [0, 0.1) is 11.7 Å². The summed E-state index contributed by atoms with van der Waals surface area (Å²) < 4.78 is 13.1. The Kier molecular flexibility index (Phi) is 4.37. The number of benzene rings is 1. The van der Waals surface area contributed by atoms with Crippen LogP contribution in [0.3, 0.4) is 0 Å². The molecule has 1 saturated heterocycles. The zero-order valence-electron chi connectivity index (χ0n) is 9.63. The average Bonchev–Trinajstić information content (AvgIpc) is 2.57. The molecule has 0 radical (unpaired) electrons. The Bertz CT molecular complexity index is 386. The molecule has 1 aliphatic rings. The fourth-order valence-electron chi connectivity index (χ4n) is 2.49. The van der Waals surface area contributed by atoms with E-state index in [2.05, 4.69) is 5.32 Å². The van der Waals surface area contributed by atoms with Gasteiger partial charge in [0.05, 0.1) is 5.02 Å². The van der Waals surface area contributed by atoms with Gasteiger partial charge in [-0.25, -0.2) is 4.39 Å². The Hall–Kier alpha value is -0.640. The van der Waals surface area contributed by atoms with Crippen molar-refractivity contribution in [1.82, 2.24) is 5.32 Å². The quantitative estimate of drug-likeness (QED) is 0.854. The zero-order valence-corrected chi connectivity index (χ0v) is 10.4. The predicted octanol–water partition coefficient (Wildman–Crippen LogP) is 2.55. The normalized spacial score (nSPS) is 25.6. The Morgan fingerprint density at radius 2 is 2.29 bits per heavy atom. The third-order valence-corrected chi connectivity index (χ3v) is 3.74. The lowest BCUT2D eigenvalue weighted by molar-refractivity contribution is 0.204. The van der Waals surface area contributed by atoms with E-state index in [0.29, 0.717) is 0 Å². The van der Waals surface area contributed by atoms with E-state index in [0.717, 1.165) is 31.5 Å². The van der Waals surface area contributed by atoms with Crippen LogP contribution < -0.4 is 5.32 Å². The lowest BCUT2D eigenvalue weighted by atomic mass is 9.84. The van der Waals surface area contributed by atoms with Crippen molar-refractivity contribution in [2.75, 3.05) is 19.7 Å². The molecule has 1 aromatic rings. The lowest BCUT2D eigenvalue weighted by Crippen LogP contribution is -2.26. The molecule has 17 heavy (non-hydrogen) atoms. The van der Waals surface area contributed by atoms with Crippen molar-refractivity contribution in [1.29, 1.82) is 0 Å². The van der Waals surface area contributed by atoms with E-state index in [1.54, 1.807) is 12.1 Å². The van der Waals surface area contributed by atoms with Crippen molar-refractivity contribution < 1.29 is 9.50 Å². The minimum absolute atomic E-state index is 0.145. The van der Waals surface area contributed by atoms with Gasteiger partial charge in [0.1, 0.15) is 5.82 Å². The number of aliphatic hydroxyl groups excluding tert-OH is 1. The number of nitrogens with one attached hydrogen (secondary N) is 1. The molecule has 2 atom stereocenters. The van der Waals surface area contributed by atoms with Crippen LogP contribution in [0.2, 0.25) is 5.02 Å².